The number of likely N-dealkylation sites (N-methyl/N-ethyl adjacent to an activating group) is 1. The molecular formula is C51H104N2O6P+. The molecule has 0 aliphatic rings. The summed E-state index contributed by atoms with van der Waals surface area (Å²) in [7, 11) is 1.59. The summed E-state index contributed by atoms with van der Waals surface area (Å²) < 4.78 is 23.6. The Morgan fingerprint density at radius 1 is 0.550 bits per heavy atom. The van der Waals surface area contributed by atoms with Crippen molar-refractivity contribution in [2.24, 2.45) is 0 Å². The van der Waals surface area contributed by atoms with Crippen molar-refractivity contribution in [3.05, 3.63) is 12.2 Å². The van der Waals surface area contributed by atoms with Gasteiger partial charge in [-0.05, 0) is 19.3 Å². The molecule has 0 bridgehead atoms. The lowest BCUT2D eigenvalue weighted by atomic mass is 10.0. The Labute approximate surface area is 373 Å². The van der Waals surface area contributed by atoms with Crippen LogP contribution in [-0.2, 0) is 18.4 Å². The van der Waals surface area contributed by atoms with E-state index in [2.05, 4.69) is 19.2 Å². The van der Waals surface area contributed by atoms with Crippen LogP contribution in [0.5, 0.6) is 0 Å². The number of hydrogen-bond acceptors (Lipinski definition) is 5. The van der Waals surface area contributed by atoms with Crippen LogP contribution in [-0.4, -0.2) is 73.4 Å². The molecule has 0 aromatic heterocycles. The van der Waals surface area contributed by atoms with Gasteiger partial charge in [0, 0.05) is 6.42 Å². The third kappa shape index (κ3) is 45.3. The van der Waals surface area contributed by atoms with Crippen molar-refractivity contribution >= 4 is 13.7 Å². The number of allylic oxidation sites excluding steroid dienone is 1. The van der Waals surface area contributed by atoms with Gasteiger partial charge < -0.3 is 19.8 Å². The number of carbonyl (C=O) groups is 1. The Hall–Kier alpha value is -0.760. The Morgan fingerprint density at radius 3 is 1.23 bits per heavy atom. The average Bonchev–Trinajstić information content (AvgIpc) is 3.20. The fraction of sp³-hybridized carbons (Fsp3) is 0.941. The minimum atomic E-state index is -4.34. The van der Waals surface area contributed by atoms with Crippen LogP contribution in [0, 0.1) is 0 Å². The summed E-state index contributed by atoms with van der Waals surface area (Å²) in [6.07, 6.45) is 51.5. The minimum Gasteiger partial charge on any atom is -0.387 e. The summed E-state index contributed by atoms with van der Waals surface area (Å²) in [5.74, 6) is -0.171. The van der Waals surface area contributed by atoms with Gasteiger partial charge in [0.15, 0.2) is 0 Å². The number of amides is 1. The summed E-state index contributed by atoms with van der Waals surface area (Å²) in [6.45, 7) is 4.85. The number of nitrogens with zero attached hydrogens (tertiary/aromatic N) is 1. The van der Waals surface area contributed by atoms with E-state index >= 15 is 0 Å². The normalized spacial score (nSPS) is 14.2. The lowest BCUT2D eigenvalue weighted by Gasteiger charge is -2.25. The molecule has 1 unspecified atom stereocenters. The van der Waals surface area contributed by atoms with Crippen LogP contribution < -0.4 is 5.32 Å². The third-order valence-electron chi connectivity index (χ3n) is 12.0. The fourth-order valence-corrected chi connectivity index (χ4v) is 8.60. The zero-order valence-electron chi connectivity index (χ0n) is 40.7. The second kappa shape index (κ2) is 43.5. The molecule has 60 heavy (non-hydrogen) atoms. The number of quaternary nitrogens is 1. The fourth-order valence-electron chi connectivity index (χ4n) is 7.87. The number of carbonyl (C=O) groups excluding carboxylic acids is 1. The van der Waals surface area contributed by atoms with Gasteiger partial charge in [0.1, 0.15) is 13.2 Å². The molecule has 3 atom stereocenters. The molecule has 8 nitrogen and oxygen atoms in total. The number of aliphatic hydroxyl groups is 1. The first kappa shape index (κ1) is 59.2. The number of phosphoric ester groups is 1. The second-order valence-electron chi connectivity index (χ2n) is 19.3. The summed E-state index contributed by atoms with van der Waals surface area (Å²) >= 11 is 0. The molecule has 0 fully saturated rings. The molecule has 358 valence electrons. The van der Waals surface area contributed by atoms with Crippen LogP contribution in [0.4, 0.5) is 0 Å². The number of hydrogen-bond donors (Lipinski definition) is 3. The molecule has 3 N–H and O–H groups in total. The van der Waals surface area contributed by atoms with Crippen molar-refractivity contribution in [3.63, 3.8) is 0 Å². The van der Waals surface area contributed by atoms with Gasteiger partial charge >= 0.3 is 7.82 Å². The van der Waals surface area contributed by atoms with Gasteiger partial charge in [-0.25, -0.2) is 4.57 Å². The molecule has 1 amide bonds. The topological polar surface area (TPSA) is 105 Å². The van der Waals surface area contributed by atoms with Gasteiger partial charge in [-0.3, -0.25) is 13.8 Å². The van der Waals surface area contributed by atoms with Gasteiger partial charge in [-0.15, -0.1) is 0 Å². The first-order valence-corrected chi connectivity index (χ1v) is 27.6. The van der Waals surface area contributed by atoms with Crippen molar-refractivity contribution < 1.29 is 32.9 Å². The van der Waals surface area contributed by atoms with Crippen LogP contribution in [0.15, 0.2) is 12.2 Å². The van der Waals surface area contributed by atoms with E-state index in [1.54, 1.807) is 6.08 Å². The molecule has 0 aromatic rings. The molecule has 0 aromatic carbocycles. The predicted molar refractivity (Wildman–Crippen MR) is 259 cm³/mol. The maximum absolute atomic E-state index is 12.9. The van der Waals surface area contributed by atoms with Crippen LogP contribution in [0.2, 0.25) is 0 Å². The van der Waals surface area contributed by atoms with E-state index in [1.165, 1.54) is 205 Å². The van der Waals surface area contributed by atoms with E-state index in [-0.39, 0.29) is 19.1 Å². The van der Waals surface area contributed by atoms with E-state index < -0.39 is 20.0 Å². The van der Waals surface area contributed by atoms with Gasteiger partial charge in [0.25, 0.3) is 0 Å². The molecule has 0 radical (unpaired) electrons. The molecule has 0 aliphatic heterocycles. The second-order valence-corrected chi connectivity index (χ2v) is 20.7. The maximum Gasteiger partial charge on any atom is 0.472 e. The number of aliphatic hydroxyl groups excluding tert-OH is 1. The number of nitrogens with one attached hydrogen (secondary N) is 1. The van der Waals surface area contributed by atoms with E-state index in [0.29, 0.717) is 17.4 Å². The maximum atomic E-state index is 12.9. The summed E-state index contributed by atoms with van der Waals surface area (Å²) in [5.41, 5.74) is 0. The first-order chi connectivity index (χ1) is 29.0. The predicted octanol–water partition coefficient (Wildman–Crippen LogP) is 15.1. The molecular weight excluding hydrogens is 768 g/mol. The Bertz CT molecular complexity index is 989. The van der Waals surface area contributed by atoms with Gasteiger partial charge in [-0.1, -0.05) is 244 Å². The zero-order chi connectivity index (χ0) is 44.3. The SMILES string of the molecule is CCCCCCCCCCCCCCCC/C=C/[C@@H](O)[C@H](COP(=O)(O)OCC[N+](C)(C)C)NC(=O)CCCCCCCCCCCCCCCCCCCCCCCC. The highest BCUT2D eigenvalue weighted by Gasteiger charge is 2.27. The summed E-state index contributed by atoms with van der Waals surface area (Å²) in [4.78, 5) is 23.2. The van der Waals surface area contributed by atoms with Crippen molar-refractivity contribution in [1.29, 1.82) is 0 Å². The summed E-state index contributed by atoms with van der Waals surface area (Å²) in [5, 5.41) is 13.9. The van der Waals surface area contributed by atoms with E-state index in [0.717, 1.165) is 32.1 Å². The standard InChI is InChI=1S/C51H103N2O6P/c1-6-8-10-12-14-16-18-20-22-24-25-26-27-28-29-31-33-35-37-39-41-43-45-51(55)52-49(48-59-60(56,57)58-47-46-53(3,4)5)50(54)44-42-40-38-36-34-32-30-23-21-19-17-15-13-11-9-7-2/h42,44,49-50,54H,6-41,43,45-48H2,1-5H3,(H-,52,55,56,57)/p+1/b44-42+/t49-,50+/m0/s1. The Morgan fingerprint density at radius 2 is 0.883 bits per heavy atom. The van der Waals surface area contributed by atoms with Crippen molar-refractivity contribution in [3.8, 4) is 0 Å². The summed E-state index contributed by atoms with van der Waals surface area (Å²) in [6, 6.07) is -0.840. The number of phosphoric acid groups is 1. The van der Waals surface area contributed by atoms with Gasteiger partial charge in [-0.2, -0.15) is 0 Å². The third-order valence-corrected chi connectivity index (χ3v) is 13.0. The van der Waals surface area contributed by atoms with Gasteiger partial charge in [0.2, 0.25) is 5.91 Å². The lowest BCUT2D eigenvalue weighted by Crippen LogP contribution is -2.45. The molecule has 0 rings (SSSR count). The van der Waals surface area contributed by atoms with Crippen LogP contribution in [0.3, 0.4) is 0 Å². The lowest BCUT2D eigenvalue weighted by molar-refractivity contribution is -0.870. The van der Waals surface area contributed by atoms with Crippen LogP contribution in [0.1, 0.15) is 258 Å². The molecule has 0 saturated heterocycles. The quantitative estimate of drug-likeness (QED) is 0.0243. The van der Waals surface area contributed by atoms with E-state index in [4.69, 9.17) is 9.05 Å². The zero-order valence-corrected chi connectivity index (χ0v) is 41.6. The Balaban J connectivity index is 4.23. The van der Waals surface area contributed by atoms with Crippen LogP contribution >= 0.6 is 7.82 Å². The highest BCUT2D eigenvalue weighted by molar-refractivity contribution is 7.47. The van der Waals surface area contributed by atoms with Crippen molar-refractivity contribution in [2.45, 2.75) is 270 Å². The highest BCUT2D eigenvalue weighted by atomic mass is 31.2. The van der Waals surface area contributed by atoms with Crippen molar-refractivity contribution in [2.75, 3.05) is 40.9 Å². The number of unbranched alkanes of at least 4 members (excludes halogenated alkanes) is 35. The molecule has 0 aliphatic carbocycles. The highest BCUT2D eigenvalue weighted by Crippen LogP contribution is 2.43. The molecule has 0 spiro atoms. The monoisotopic (exact) mass is 872 g/mol. The van der Waals surface area contributed by atoms with E-state index in [9.17, 15) is 19.4 Å². The molecule has 0 saturated carbocycles. The average molecular weight is 872 g/mol. The van der Waals surface area contributed by atoms with Crippen molar-refractivity contribution in [1.82, 2.24) is 5.32 Å². The van der Waals surface area contributed by atoms with Crippen LogP contribution in [0.25, 0.3) is 0 Å². The smallest absolute Gasteiger partial charge is 0.387 e. The molecule has 9 heteroatoms. The van der Waals surface area contributed by atoms with E-state index in [1.807, 2.05) is 27.2 Å². The largest absolute Gasteiger partial charge is 0.472 e. The minimum absolute atomic E-state index is 0.0649. The first-order valence-electron chi connectivity index (χ1n) is 26.1. The molecule has 0 heterocycles. The van der Waals surface area contributed by atoms with Gasteiger partial charge in [0.05, 0.1) is 39.9 Å². The Kier molecular flexibility index (Phi) is 42.9. The number of rotatable bonds is 48.